The fourth-order valence-corrected chi connectivity index (χ4v) is 11.4. The van der Waals surface area contributed by atoms with E-state index in [2.05, 4.69) is 276 Å². The molecule has 0 N–H and O–H groups in total. The summed E-state index contributed by atoms with van der Waals surface area (Å²) in [6.07, 6.45) is 31.3. The molecule has 0 saturated heterocycles. The minimum atomic E-state index is -0.509. The van der Waals surface area contributed by atoms with Crippen LogP contribution in [-0.4, -0.2) is 0 Å². The first kappa shape index (κ1) is 49.3. The number of allylic oxidation sites excluding steroid dienone is 13. The Morgan fingerprint density at radius 3 is 2.04 bits per heavy atom. The Bertz CT molecular complexity index is 3150. The van der Waals surface area contributed by atoms with E-state index >= 15 is 0 Å². The van der Waals surface area contributed by atoms with E-state index in [0.29, 0.717) is 0 Å². The largest absolute Gasteiger partial charge is 0.313 e. The van der Waals surface area contributed by atoms with Gasteiger partial charge in [-0.2, -0.15) is 0 Å². The van der Waals surface area contributed by atoms with Crippen molar-refractivity contribution in [3.05, 3.63) is 244 Å². The van der Waals surface area contributed by atoms with Crippen LogP contribution in [0, 0.1) is 19.1 Å². The molecular weight excluding hydrogens is 876 g/mol. The lowest BCUT2D eigenvalue weighted by atomic mass is 9.78. The van der Waals surface area contributed by atoms with Crippen LogP contribution < -0.4 is 15.1 Å². The Morgan fingerprint density at radius 2 is 1.39 bits per heavy atom. The van der Waals surface area contributed by atoms with E-state index in [1.54, 1.807) is 0 Å². The number of hydrogen-bond donors (Lipinski definition) is 0. The van der Waals surface area contributed by atoms with Crippen molar-refractivity contribution in [2.45, 2.75) is 117 Å². The molecule has 0 fully saturated rings. The van der Waals surface area contributed by atoms with E-state index in [9.17, 15) is 0 Å². The van der Waals surface area contributed by atoms with E-state index in [-0.39, 0.29) is 16.7 Å². The third kappa shape index (κ3) is 9.88. The van der Waals surface area contributed by atoms with Crippen LogP contribution >= 0.6 is 9.24 Å². The smallest absolute Gasteiger partial charge is 0.0580 e. The molecule has 0 amide bonds. The number of hydrogen-bond acceptors (Lipinski definition) is 2. The minimum absolute atomic E-state index is 0.0388. The minimum Gasteiger partial charge on any atom is -0.313 e. The number of benzene rings is 5. The Hall–Kier alpha value is -6.65. The van der Waals surface area contributed by atoms with E-state index in [1.807, 2.05) is 6.07 Å². The summed E-state index contributed by atoms with van der Waals surface area (Å²) in [6.45, 7) is 22.8. The van der Waals surface area contributed by atoms with Crippen molar-refractivity contribution in [3.8, 4) is 11.1 Å². The van der Waals surface area contributed by atoms with Gasteiger partial charge in [0.15, 0.2) is 0 Å². The molecule has 0 spiro atoms. The van der Waals surface area contributed by atoms with Crippen molar-refractivity contribution in [2.75, 3.05) is 9.80 Å². The Labute approximate surface area is 428 Å². The van der Waals surface area contributed by atoms with Gasteiger partial charge in [-0.05, 0) is 173 Å². The molecule has 3 heteroatoms. The van der Waals surface area contributed by atoms with Gasteiger partial charge in [0.1, 0.15) is 0 Å². The van der Waals surface area contributed by atoms with Crippen molar-refractivity contribution in [2.24, 2.45) is 0 Å². The number of aryl methyl sites for hydroxylation is 1. The fraction of sp³-hybridized carbons (Fsp3) is 0.265. The van der Waals surface area contributed by atoms with Gasteiger partial charge in [0.05, 0.1) is 11.4 Å². The van der Waals surface area contributed by atoms with Gasteiger partial charge in [-0.15, -0.1) is 9.24 Å². The summed E-state index contributed by atoms with van der Waals surface area (Å²) in [7, 11) is 3.30. The lowest BCUT2D eigenvalue weighted by Gasteiger charge is -2.35. The molecule has 2 nitrogen and oxygen atoms in total. The average Bonchev–Trinajstić information content (AvgIpc) is 3.60. The van der Waals surface area contributed by atoms with Crippen LogP contribution in [0.3, 0.4) is 0 Å². The Morgan fingerprint density at radius 1 is 0.718 bits per heavy atom. The molecule has 6 aromatic rings. The fourth-order valence-electron chi connectivity index (χ4n) is 10.8. The molecule has 6 aromatic carbocycles. The Kier molecular flexibility index (Phi) is 14.1. The van der Waals surface area contributed by atoms with Gasteiger partial charge < -0.3 is 9.80 Å². The summed E-state index contributed by atoms with van der Waals surface area (Å²) in [5, 5.41) is 1.25. The molecule has 0 saturated carbocycles. The molecule has 3 aliphatic carbocycles. The van der Waals surface area contributed by atoms with Crippen LogP contribution in [0.1, 0.15) is 132 Å². The monoisotopic (exact) mass is 947 g/mol. The van der Waals surface area contributed by atoms with E-state index < -0.39 is 5.41 Å². The van der Waals surface area contributed by atoms with Crippen molar-refractivity contribution in [3.63, 3.8) is 0 Å². The first-order chi connectivity index (χ1) is 34.1. The topological polar surface area (TPSA) is 6.48 Å². The van der Waals surface area contributed by atoms with Gasteiger partial charge in [0.25, 0.3) is 0 Å². The molecule has 0 aromatic heterocycles. The predicted molar refractivity (Wildman–Crippen MR) is 311 cm³/mol. The summed E-state index contributed by atoms with van der Waals surface area (Å²) < 4.78 is 0. The summed E-state index contributed by atoms with van der Waals surface area (Å²) in [4.78, 5) is 5.00. The molecule has 3 atom stereocenters. The maximum atomic E-state index is 3.40. The molecule has 0 heterocycles. The summed E-state index contributed by atoms with van der Waals surface area (Å²) >= 11 is 0. The maximum Gasteiger partial charge on any atom is 0.0580 e. The zero-order valence-electron chi connectivity index (χ0n) is 43.7. The maximum absolute atomic E-state index is 3.40. The van der Waals surface area contributed by atoms with Crippen molar-refractivity contribution in [1.82, 2.24) is 0 Å². The third-order valence-electron chi connectivity index (χ3n) is 14.9. The zero-order chi connectivity index (χ0) is 50.1. The molecule has 0 aliphatic heterocycles. The zero-order valence-corrected chi connectivity index (χ0v) is 44.9. The highest BCUT2D eigenvalue weighted by atomic mass is 31.0. The number of nitrogens with zero attached hydrogens (tertiary/aromatic N) is 2. The highest BCUT2D eigenvalue weighted by Gasteiger charge is 2.42. The molecule has 3 aliphatic rings. The van der Waals surface area contributed by atoms with Crippen LogP contribution in [0.15, 0.2) is 187 Å². The van der Waals surface area contributed by atoms with Crippen molar-refractivity contribution in [1.29, 1.82) is 0 Å². The lowest BCUT2D eigenvalue weighted by Crippen LogP contribution is -2.27. The molecule has 0 radical (unpaired) electrons. The summed E-state index contributed by atoms with van der Waals surface area (Å²) in [5.74, 6) is 0.194. The van der Waals surface area contributed by atoms with Crippen LogP contribution in [-0.2, 0) is 22.7 Å². The van der Waals surface area contributed by atoms with Gasteiger partial charge in [-0.25, -0.2) is 0 Å². The van der Waals surface area contributed by atoms with Gasteiger partial charge >= 0.3 is 0 Å². The first-order valence-electron chi connectivity index (χ1n) is 25.7. The molecule has 3 unspecified atom stereocenters. The van der Waals surface area contributed by atoms with E-state index in [4.69, 9.17) is 0 Å². The third-order valence-corrected chi connectivity index (χ3v) is 15.5. The Balaban J connectivity index is 1.28. The molecular formula is C68H71N2P. The van der Waals surface area contributed by atoms with Crippen LogP contribution in [0.2, 0.25) is 0 Å². The van der Waals surface area contributed by atoms with Crippen molar-refractivity contribution < 1.29 is 0 Å². The molecule has 71 heavy (non-hydrogen) atoms. The number of fused-ring (bicyclic) bond motifs is 3. The summed E-state index contributed by atoms with van der Waals surface area (Å²) in [5.41, 5.74) is 20.9. The normalized spacial score (nSPS) is 17.6. The molecule has 0 bridgehead atoms. The molecule has 358 valence electrons. The molecule has 9 rings (SSSR count). The number of anilines is 5. The van der Waals surface area contributed by atoms with Crippen LogP contribution in [0.4, 0.5) is 28.4 Å². The van der Waals surface area contributed by atoms with E-state index in [1.165, 1.54) is 78.0 Å². The van der Waals surface area contributed by atoms with Gasteiger partial charge in [-0.3, -0.25) is 0 Å². The van der Waals surface area contributed by atoms with Crippen LogP contribution in [0.25, 0.3) is 17.2 Å². The van der Waals surface area contributed by atoms with Gasteiger partial charge in [-0.1, -0.05) is 188 Å². The van der Waals surface area contributed by atoms with E-state index in [0.717, 1.165) is 48.3 Å². The van der Waals surface area contributed by atoms with Crippen LogP contribution in [0.5, 0.6) is 0 Å². The quantitative estimate of drug-likeness (QED) is 0.0891. The second-order valence-electron chi connectivity index (χ2n) is 21.8. The average molecular weight is 947 g/mol. The second-order valence-corrected chi connectivity index (χ2v) is 22.4. The SMILES string of the molecule is CCc1ccccc1\C=C/C=C\C=C\C1(C)c2cc(N(c3ccc(C(C)(C)C)cc3)c3ccc#cc3C)ccc2-c2c1cc(N(C1=C(C)C=CCC1)c1ccc(C(C)(C)C)cc1)c(P)c2C1C=CC=CC1. The first-order valence-corrected chi connectivity index (χ1v) is 26.3. The lowest BCUT2D eigenvalue weighted by molar-refractivity contribution is 0.590. The van der Waals surface area contributed by atoms with Gasteiger partial charge in [0, 0.05) is 39.7 Å². The predicted octanol–water partition coefficient (Wildman–Crippen LogP) is 18.2. The van der Waals surface area contributed by atoms with Crippen molar-refractivity contribution >= 4 is 49.1 Å². The summed E-state index contributed by atoms with van der Waals surface area (Å²) in [6, 6.07) is 47.7. The highest BCUT2D eigenvalue weighted by molar-refractivity contribution is 7.28. The second kappa shape index (κ2) is 20.2. The van der Waals surface area contributed by atoms with Gasteiger partial charge in [0.2, 0.25) is 0 Å². The number of rotatable bonds is 12. The standard InChI is InChI=1S/C68H71N2P/c1-11-49-27-20-21-29-50(49)28-15-12-13-24-44-68(10)58-45-56(69(60-32-22-18-25-47(60)2)54-38-34-52(35-39-54)66(4,5)6)42-43-57(58)64-59(68)46-62(65(71)63(64)51-30-16-14-17-31-51)70(61-33-23-19-26-48(61)3)55-40-36-53(37-41-55)67(7,8)9/h12-17,19-22,24,26-30,32,34-46,51H,11,23,31,33,71H2,1-10H3/b13-12-,28-15-,44-24+. The highest BCUT2D eigenvalue weighted by Crippen LogP contribution is 2.56.